The van der Waals surface area contributed by atoms with Crippen LogP contribution in [0.5, 0.6) is 5.75 Å². The van der Waals surface area contributed by atoms with Crippen molar-refractivity contribution < 1.29 is 4.74 Å². The molecule has 0 amide bonds. The summed E-state index contributed by atoms with van der Waals surface area (Å²) >= 11 is 0. The molecule has 1 aromatic carbocycles. The summed E-state index contributed by atoms with van der Waals surface area (Å²) in [5.74, 6) is 2.44. The number of ether oxygens (including phenoxy) is 1. The van der Waals surface area contributed by atoms with Gasteiger partial charge in [-0.3, -0.25) is 4.99 Å². The average molecular weight is 405 g/mol. The Morgan fingerprint density at radius 2 is 1.81 bits per heavy atom. The smallest absolute Gasteiger partial charge is 0.191 e. The highest BCUT2D eigenvalue weighted by molar-refractivity contribution is 14.0. The molecular weight excluding hydrogens is 377 g/mol. The van der Waals surface area contributed by atoms with Gasteiger partial charge in [-0.25, -0.2) is 0 Å². The van der Waals surface area contributed by atoms with Crippen LogP contribution in [0, 0.1) is 5.92 Å². The zero-order chi connectivity index (χ0) is 14.6. The van der Waals surface area contributed by atoms with Crippen LogP contribution in [-0.2, 0) is 0 Å². The number of nitrogens with zero attached hydrogens (tertiary/aromatic N) is 1. The minimum absolute atomic E-state index is 0. The van der Waals surface area contributed by atoms with Gasteiger partial charge in [-0.1, -0.05) is 44.9 Å². The fourth-order valence-corrected chi connectivity index (χ4v) is 1.89. The molecule has 0 aliphatic heterocycles. The molecule has 120 valence electrons. The van der Waals surface area contributed by atoms with Gasteiger partial charge < -0.3 is 15.4 Å². The molecule has 0 saturated heterocycles. The number of nitrogens with one attached hydrogen (secondary N) is 2. The molecule has 0 aromatic heterocycles. The Hall–Kier alpha value is -0.980. The number of hydrogen-bond donors (Lipinski definition) is 2. The third kappa shape index (κ3) is 8.80. The highest BCUT2D eigenvalue weighted by Crippen LogP contribution is 2.07. The first-order chi connectivity index (χ1) is 9.80. The lowest BCUT2D eigenvalue weighted by molar-refractivity contribution is 0.321. The molecule has 5 heteroatoms. The van der Waals surface area contributed by atoms with Crippen LogP contribution in [0.2, 0.25) is 0 Å². The van der Waals surface area contributed by atoms with Crippen molar-refractivity contribution in [3.8, 4) is 5.75 Å². The number of guanidine groups is 1. The van der Waals surface area contributed by atoms with Gasteiger partial charge in [0.15, 0.2) is 5.96 Å². The van der Waals surface area contributed by atoms with E-state index in [1.54, 1.807) is 7.05 Å². The lowest BCUT2D eigenvalue weighted by atomic mass is 10.0. The van der Waals surface area contributed by atoms with Gasteiger partial charge in [-0.2, -0.15) is 0 Å². The van der Waals surface area contributed by atoms with Gasteiger partial charge in [0, 0.05) is 13.6 Å². The standard InChI is InChI=1S/C16H27N3O.HI/c1-4-14(5-2)13-19-16(17-3)18-11-12-20-15-9-7-6-8-10-15;/h6-10,14H,4-5,11-13H2,1-3H3,(H2,17,18,19);1H. The van der Waals surface area contributed by atoms with Gasteiger partial charge in [0.2, 0.25) is 0 Å². The van der Waals surface area contributed by atoms with Gasteiger partial charge in [0.05, 0.1) is 6.54 Å². The summed E-state index contributed by atoms with van der Waals surface area (Å²) in [7, 11) is 1.79. The van der Waals surface area contributed by atoms with Gasteiger partial charge in [0.25, 0.3) is 0 Å². The Labute approximate surface area is 145 Å². The lowest BCUT2D eigenvalue weighted by Gasteiger charge is -2.16. The number of aliphatic imine (C=N–C) groups is 1. The topological polar surface area (TPSA) is 45.7 Å². The summed E-state index contributed by atoms with van der Waals surface area (Å²) < 4.78 is 5.62. The van der Waals surface area contributed by atoms with Crippen LogP contribution >= 0.6 is 24.0 Å². The van der Waals surface area contributed by atoms with Crippen LogP contribution in [0.1, 0.15) is 26.7 Å². The van der Waals surface area contributed by atoms with E-state index in [1.807, 2.05) is 30.3 Å². The highest BCUT2D eigenvalue weighted by Gasteiger charge is 2.04. The normalized spacial score (nSPS) is 11.0. The van der Waals surface area contributed by atoms with Gasteiger partial charge in [0.1, 0.15) is 12.4 Å². The number of hydrogen-bond acceptors (Lipinski definition) is 2. The van der Waals surface area contributed by atoms with E-state index in [1.165, 1.54) is 12.8 Å². The molecule has 0 atom stereocenters. The molecule has 0 aliphatic carbocycles. The van der Waals surface area contributed by atoms with Gasteiger partial charge in [-0.05, 0) is 18.1 Å². The number of para-hydroxylation sites is 1. The number of benzene rings is 1. The SMILES string of the molecule is CCC(CC)CNC(=NC)NCCOc1ccccc1.I. The van der Waals surface area contributed by atoms with E-state index < -0.39 is 0 Å². The van der Waals surface area contributed by atoms with E-state index in [4.69, 9.17) is 4.74 Å². The molecule has 1 aromatic rings. The summed E-state index contributed by atoms with van der Waals surface area (Å²) in [5.41, 5.74) is 0. The maximum Gasteiger partial charge on any atom is 0.191 e. The van der Waals surface area contributed by atoms with Crippen molar-refractivity contribution >= 4 is 29.9 Å². The van der Waals surface area contributed by atoms with Crippen LogP contribution < -0.4 is 15.4 Å². The summed E-state index contributed by atoms with van der Waals surface area (Å²) in [4.78, 5) is 4.21. The fraction of sp³-hybridized carbons (Fsp3) is 0.562. The first-order valence-corrected chi connectivity index (χ1v) is 7.42. The van der Waals surface area contributed by atoms with Crippen LogP contribution in [0.3, 0.4) is 0 Å². The van der Waals surface area contributed by atoms with E-state index in [0.29, 0.717) is 12.5 Å². The quantitative estimate of drug-likeness (QED) is 0.302. The molecule has 0 fully saturated rings. The molecule has 0 radical (unpaired) electrons. The predicted molar refractivity (Wildman–Crippen MR) is 101 cm³/mol. The van der Waals surface area contributed by atoms with Crippen molar-refractivity contribution in [2.45, 2.75) is 26.7 Å². The fourth-order valence-electron chi connectivity index (χ4n) is 1.89. The Bertz CT molecular complexity index is 380. The Morgan fingerprint density at radius 1 is 1.14 bits per heavy atom. The second-order valence-electron chi connectivity index (χ2n) is 4.72. The monoisotopic (exact) mass is 405 g/mol. The van der Waals surface area contributed by atoms with Crippen LogP contribution in [0.25, 0.3) is 0 Å². The molecule has 0 aliphatic rings. The number of halogens is 1. The van der Waals surface area contributed by atoms with Crippen molar-refractivity contribution in [1.82, 2.24) is 10.6 Å². The molecule has 0 spiro atoms. The summed E-state index contributed by atoms with van der Waals surface area (Å²) in [6, 6.07) is 9.84. The second kappa shape index (κ2) is 12.7. The van der Waals surface area contributed by atoms with Gasteiger partial charge >= 0.3 is 0 Å². The summed E-state index contributed by atoms with van der Waals surface area (Å²) in [5, 5.41) is 6.61. The molecular formula is C16H28IN3O. The maximum atomic E-state index is 5.62. The maximum absolute atomic E-state index is 5.62. The van der Waals surface area contributed by atoms with Crippen molar-refractivity contribution in [3.63, 3.8) is 0 Å². The zero-order valence-corrected chi connectivity index (χ0v) is 15.6. The molecule has 0 heterocycles. The number of rotatable bonds is 8. The Kier molecular flexibility index (Phi) is 12.1. The molecule has 0 bridgehead atoms. The third-order valence-electron chi connectivity index (χ3n) is 3.34. The molecule has 0 unspecified atom stereocenters. The van der Waals surface area contributed by atoms with Crippen LogP contribution in [0.4, 0.5) is 0 Å². The first kappa shape index (κ1) is 20.0. The minimum atomic E-state index is 0. The average Bonchev–Trinajstić information content (AvgIpc) is 2.51. The minimum Gasteiger partial charge on any atom is -0.492 e. The zero-order valence-electron chi connectivity index (χ0n) is 13.3. The Balaban J connectivity index is 0.00000400. The third-order valence-corrected chi connectivity index (χ3v) is 3.34. The van der Waals surface area contributed by atoms with E-state index in [9.17, 15) is 0 Å². The lowest BCUT2D eigenvalue weighted by Crippen LogP contribution is -2.41. The van der Waals surface area contributed by atoms with Crippen LogP contribution in [0.15, 0.2) is 35.3 Å². The van der Waals surface area contributed by atoms with E-state index in [-0.39, 0.29) is 24.0 Å². The van der Waals surface area contributed by atoms with Crippen molar-refractivity contribution in [1.29, 1.82) is 0 Å². The molecule has 1 rings (SSSR count). The van der Waals surface area contributed by atoms with Crippen molar-refractivity contribution in [2.24, 2.45) is 10.9 Å². The second-order valence-corrected chi connectivity index (χ2v) is 4.72. The van der Waals surface area contributed by atoms with E-state index >= 15 is 0 Å². The highest BCUT2D eigenvalue weighted by atomic mass is 127. The summed E-state index contributed by atoms with van der Waals surface area (Å²) in [6.45, 7) is 6.76. The van der Waals surface area contributed by atoms with Gasteiger partial charge in [-0.15, -0.1) is 24.0 Å². The molecule has 2 N–H and O–H groups in total. The largest absolute Gasteiger partial charge is 0.492 e. The molecule has 21 heavy (non-hydrogen) atoms. The van der Waals surface area contributed by atoms with Crippen molar-refractivity contribution in [3.05, 3.63) is 30.3 Å². The van der Waals surface area contributed by atoms with Crippen molar-refractivity contribution in [2.75, 3.05) is 26.7 Å². The van der Waals surface area contributed by atoms with Crippen LogP contribution in [-0.4, -0.2) is 32.7 Å². The molecule has 4 nitrogen and oxygen atoms in total. The molecule has 0 saturated carbocycles. The Morgan fingerprint density at radius 3 is 2.38 bits per heavy atom. The predicted octanol–water partition coefficient (Wildman–Crippen LogP) is 3.28. The van der Waals surface area contributed by atoms with E-state index in [2.05, 4.69) is 29.5 Å². The summed E-state index contributed by atoms with van der Waals surface area (Å²) in [6.07, 6.45) is 2.38. The first-order valence-electron chi connectivity index (χ1n) is 7.42. The van der Waals surface area contributed by atoms with E-state index in [0.717, 1.165) is 24.8 Å².